The van der Waals surface area contributed by atoms with Gasteiger partial charge in [-0.3, -0.25) is 14.1 Å². The molecule has 3 aromatic rings. The Morgan fingerprint density at radius 2 is 1.82 bits per heavy atom. The molecule has 8 nitrogen and oxygen atoms in total. The minimum Gasteiger partial charge on any atom is -0.481 e. The van der Waals surface area contributed by atoms with Crippen molar-refractivity contribution in [1.29, 1.82) is 5.26 Å². The lowest BCUT2D eigenvalue weighted by Crippen LogP contribution is -2.58. The summed E-state index contributed by atoms with van der Waals surface area (Å²) in [7, 11) is 0. The van der Waals surface area contributed by atoms with E-state index in [-0.39, 0.29) is 43.0 Å². The molecule has 0 bridgehead atoms. The number of carboxylic acid groups (broad SMARTS) is 1. The molecule has 0 aromatic heterocycles. The first-order valence-corrected chi connectivity index (χ1v) is 16.2. The second-order valence-electron chi connectivity index (χ2n) is 12.0. The summed E-state index contributed by atoms with van der Waals surface area (Å²) in [4.78, 5) is 25.6. The van der Waals surface area contributed by atoms with Crippen LogP contribution in [0.5, 0.6) is 0 Å². The van der Waals surface area contributed by atoms with Crippen molar-refractivity contribution in [3.8, 4) is 6.07 Å². The van der Waals surface area contributed by atoms with E-state index in [1.165, 1.54) is 4.31 Å². The van der Waals surface area contributed by atoms with Gasteiger partial charge in [-0.25, -0.2) is 4.21 Å². The first kappa shape index (κ1) is 32.1. The summed E-state index contributed by atoms with van der Waals surface area (Å²) in [6, 6.07) is 22.4. The van der Waals surface area contributed by atoms with Gasteiger partial charge in [0.15, 0.2) is 0 Å². The second-order valence-corrected chi connectivity index (χ2v) is 13.8. The van der Waals surface area contributed by atoms with E-state index >= 15 is 0 Å². The number of carbonyl (C=O) groups is 2. The summed E-state index contributed by atoms with van der Waals surface area (Å²) < 4.78 is 25.6. The summed E-state index contributed by atoms with van der Waals surface area (Å²) >= 11 is 10.2. The van der Waals surface area contributed by atoms with Crippen LogP contribution in [0.3, 0.4) is 0 Å². The monoisotopic (exact) mass is 653 g/mol. The first-order valence-electron chi connectivity index (χ1n) is 14.4. The highest BCUT2D eigenvalue weighted by atomic mass is 35.5. The van der Waals surface area contributed by atoms with E-state index in [1.807, 2.05) is 30.3 Å². The van der Waals surface area contributed by atoms with Gasteiger partial charge in [0.05, 0.1) is 29.5 Å². The standard InChI is InChI=1S/C33H33Cl2N3O5S/c1-33(17-28(39)40)16-27(24-6-3-7-26(35)15-24)30(37-32(33)41)29(22-8-9-22)31(23-10-12-25(34)13-11-23)38(44(42)43)19-21-5-2-4-20(14-21)18-36/h2-7,10-15,22,27,29-31H,8-9,16-17,19H2,1H3,(H,37,41)(H,39,40)(H,42,43)/t27-,29?,30+,31-,33+/m1/s1. The molecule has 230 valence electrons. The molecular weight excluding hydrogens is 621 g/mol. The predicted octanol–water partition coefficient (Wildman–Crippen LogP) is 6.72. The van der Waals surface area contributed by atoms with Crippen molar-refractivity contribution in [2.45, 2.75) is 57.2 Å². The minimum absolute atomic E-state index is 0.0639. The Bertz CT molecular complexity index is 1610. The molecule has 44 heavy (non-hydrogen) atoms. The molecule has 2 aliphatic rings. The van der Waals surface area contributed by atoms with Gasteiger partial charge in [0.1, 0.15) is 0 Å². The lowest BCUT2D eigenvalue weighted by Gasteiger charge is -2.48. The van der Waals surface area contributed by atoms with Gasteiger partial charge in [-0.1, -0.05) is 66.5 Å². The molecule has 1 amide bonds. The summed E-state index contributed by atoms with van der Waals surface area (Å²) in [6.45, 7) is 1.73. The first-order chi connectivity index (χ1) is 21.0. The van der Waals surface area contributed by atoms with Crippen LogP contribution in [0.15, 0.2) is 72.8 Å². The zero-order valence-corrected chi connectivity index (χ0v) is 26.4. The highest BCUT2D eigenvalue weighted by molar-refractivity contribution is 7.76. The van der Waals surface area contributed by atoms with Crippen LogP contribution in [-0.4, -0.2) is 36.1 Å². The Balaban J connectivity index is 1.65. The molecule has 0 spiro atoms. The molecule has 1 heterocycles. The molecule has 2 unspecified atom stereocenters. The number of halogens is 2. The third-order valence-corrected chi connectivity index (χ3v) is 10.1. The number of aliphatic carboxylic acids is 1. The average Bonchev–Trinajstić information content (AvgIpc) is 3.82. The van der Waals surface area contributed by atoms with Gasteiger partial charge in [-0.15, -0.1) is 0 Å². The van der Waals surface area contributed by atoms with Gasteiger partial charge >= 0.3 is 5.97 Å². The zero-order valence-electron chi connectivity index (χ0n) is 24.0. The fourth-order valence-electron chi connectivity index (χ4n) is 6.68. The molecule has 11 heteroatoms. The summed E-state index contributed by atoms with van der Waals surface area (Å²) in [5, 5.41) is 23.4. The summed E-state index contributed by atoms with van der Waals surface area (Å²) in [5.74, 6) is -1.98. The smallest absolute Gasteiger partial charge is 0.304 e. The molecule has 2 fully saturated rings. The van der Waals surface area contributed by atoms with Crippen molar-refractivity contribution in [2.75, 3.05) is 0 Å². The maximum Gasteiger partial charge on any atom is 0.304 e. The van der Waals surface area contributed by atoms with Crippen LogP contribution >= 0.6 is 23.2 Å². The van der Waals surface area contributed by atoms with Gasteiger partial charge in [0.2, 0.25) is 17.2 Å². The summed E-state index contributed by atoms with van der Waals surface area (Å²) in [5.41, 5.74) is 1.57. The van der Waals surface area contributed by atoms with Gasteiger partial charge in [-0.05, 0) is 78.3 Å². The number of nitriles is 1. The maximum absolute atomic E-state index is 13.8. The van der Waals surface area contributed by atoms with Gasteiger partial charge < -0.3 is 10.4 Å². The van der Waals surface area contributed by atoms with Gasteiger partial charge in [-0.2, -0.15) is 9.57 Å². The normalized spacial score (nSPS) is 23.8. The van der Waals surface area contributed by atoms with Crippen LogP contribution in [0.2, 0.25) is 10.0 Å². The average molecular weight is 655 g/mol. The molecular formula is C33H33Cl2N3O5S. The summed E-state index contributed by atoms with van der Waals surface area (Å²) in [6.07, 6.45) is 1.66. The number of piperidine rings is 1. The number of benzene rings is 3. The van der Waals surface area contributed by atoms with Crippen molar-refractivity contribution >= 4 is 46.3 Å². The van der Waals surface area contributed by atoms with Crippen LogP contribution < -0.4 is 5.32 Å². The fraction of sp³-hybridized carbons (Fsp3) is 0.364. The van der Waals surface area contributed by atoms with Crippen molar-refractivity contribution < 1.29 is 23.5 Å². The molecule has 6 atom stereocenters. The van der Waals surface area contributed by atoms with Crippen LogP contribution in [0.4, 0.5) is 0 Å². The molecule has 3 aromatic carbocycles. The van der Waals surface area contributed by atoms with E-state index in [4.69, 9.17) is 23.2 Å². The quantitative estimate of drug-likeness (QED) is 0.197. The predicted molar refractivity (Wildman–Crippen MR) is 169 cm³/mol. The Morgan fingerprint density at radius 3 is 2.43 bits per heavy atom. The Labute approximate surface area is 269 Å². The van der Waals surface area contributed by atoms with Gasteiger partial charge in [0.25, 0.3) is 0 Å². The number of carboxylic acids is 1. The maximum atomic E-state index is 13.8. The van der Waals surface area contributed by atoms with Crippen molar-refractivity contribution in [3.63, 3.8) is 0 Å². The number of nitrogens with zero attached hydrogens (tertiary/aromatic N) is 2. The minimum atomic E-state index is -2.45. The van der Waals surface area contributed by atoms with E-state index in [0.717, 1.165) is 24.0 Å². The third-order valence-electron chi connectivity index (χ3n) is 8.83. The second kappa shape index (κ2) is 13.4. The molecule has 0 radical (unpaired) electrons. The Hall–Kier alpha value is -3.26. The fourth-order valence-corrected chi connectivity index (χ4v) is 7.72. The molecule has 3 N–H and O–H groups in total. The highest BCUT2D eigenvalue weighted by Crippen LogP contribution is 2.53. The number of hydrogen-bond donors (Lipinski definition) is 3. The SMILES string of the molecule is C[C@@]1(CC(=O)O)C[C@H](c2cccc(Cl)c2)[C@@H](C(C2CC2)[C@@H](c2ccc(Cl)cc2)N(Cc2cccc(C#N)c2)S(=O)O)NC1=O. The van der Waals surface area contributed by atoms with Crippen LogP contribution in [0, 0.1) is 28.6 Å². The number of amides is 1. The Morgan fingerprint density at radius 1 is 1.11 bits per heavy atom. The topological polar surface area (TPSA) is 131 Å². The molecule has 1 saturated heterocycles. The van der Waals surface area contributed by atoms with Crippen LogP contribution in [0.25, 0.3) is 0 Å². The molecule has 1 saturated carbocycles. The van der Waals surface area contributed by atoms with E-state index in [1.54, 1.807) is 49.4 Å². The lowest BCUT2D eigenvalue weighted by atomic mass is 9.65. The van der Waals surface area contributed by atoms with E-state index in [0.29, 0.717) is 21.2 Å². The van der Waals surface area contributed by atoms with E-state index in [9.17, 15) is 28.7 Å². The Kier molecular flexibility index (Phi) is 9.78. The van der Waals surface area contributed by atoms with Crippen LogP contribution in [-0.2, 0) is 27.4 Å². The largest absolute Gasteiger partial charge is 0.481 e. The molecule has 5 rings (SSSR count). The van der Waals surface area contributed by atoms with E-state index < -0.39 is 34.7 Å². The lowest BCUT2D eigenvalue weighted by molar-refractivity contribution is -0.148. The zero-order chi connectivity index (χ0) is 31.6. The number of nitrogens with one attached hydrogen (secondary N) is 1. The van der Waals surface area contributed by atoms with E-state index in [2.05, 4.69) is 11.4 Å². The van der Waals surface area contributed by atoms with Crippen molar-refractivity contribution in [2.24, 2.45) is 17.3 Å². The number of rotatable bonds is 11. The number of carbonyl (C=O) groups excluding carboxylic acids is 1. The van der Waals surface area contributed by atoms with Gasteiger partial charge in [0, 0.05) is 34.5 Å². The van der Waals surface area contributed by atoms with Crippen molar-refractivity contribution in [3.05, 3.63) is 105 Å². The van der Waals surface area contributed by atoms with Crippen LogP contribution in [0.1, 0.15) is 66.8 Å². The third kappa shape index (κ3) is 7.17. The highest BCUT2D eigenvalue weighted by Gasteiger charge is 2.53. The number of hydrogen-bond acceptors (Lipinski definition) is 4. The molecule has 1 aliphatic carbocycles. The molecule has 1 aliphatic heterocycles. The van der Waals surface area contributed by atoms with Crippen molar-refractivity contribution in [1.82, 2.24) is 9.62 Å².